The Labute approximate surface area is 113 Å². The lowest BCUT2D eigenvalue weighted by Crippen LogP contribution is -2.33. The van der Waals surface area contributed by atoms with Crippen molar-refractivity contribution in [2.24, 2.45) is 0 Å². The Kier molecular flexibility index (Phi) is 4.71. The van der Waals surface area contributed by atoms with Crippen LogP contribution in [0.4, 0.5) is 0 Å². The van der Waals surface area contributed by atoms with Crippen LogP contribution in [0.15, 0.2) is 36.5 Å². The van der Waals surface area contributed by atoms with Crippen molar-refractivity contribution < 1.29 is 4.74 Å². The van der Waals surface area contributed by atoms with Gasteiger partial charge in [-0.1, -0.05) is 13.0 Å². The highest BCUT2D eigenvalue weighted by atomic mass is 16.5. The van der Waals surface area contributed by atoms with Gasteiger partial charge in [-0.2, -0.15) is 5.26 Å². The number of fused-ring (bicyclic) bond motifs is 1. The van der Waals surface area contributed by atoms with Crippen LogP contribution in [0.3, 0.4) is 0 Å². The first-order valence-corrected chi connectivity index (χ1v) is 6.44. The molecule has 0 aliphatic carbocycles. The topological polar surface area (TPSA) is 57.9 Å². The predicted molar refractivity (Wildman–Crippen MR) is 74.9 cm³/mol. The Balaban J connectivity index is 1.99. The van der Waals surface area contributed by atoms with Crippen LogP contribution in [0.2, 0.25) is 0 Å². The molecule has 1 aromatic carbocycles. The molecule has 1 atom stereocenters. The maximum absolute atomic E-state index is 9.00. The largest absolute Gasteiger partial charge is 0.491 e. The van der Waals surface area contributed by atoms with Gasteiger partial charge in [0.2, 0.25) is 0 Å². The number of nitrogens with zero attached hydrogens (tertiary/aromatic N) is 2. The van der Waals surface area contributed by atoms with Crippen LogP contribution in [0.25, 0.3) is 10.9 Å². The summed E-state index contributed by atoms with van der Waals surface area (Å²) in [6.45, 7) is 3.23. The van der Waals surface area contributed by atoms with Crippen molar-refractivity contribution in [2.45, 2.75) is 19.4 Å². The summed E-state index contributed by atoms with van der Waals surface area (Å²) in [5.41, 5.74) is 0.898. The van der Waals surface area contributed by atoms with Crippen molar-refractivity contribution in [2.75, 3.05) is 13.2 Å². The van der Waals surface area contributed by atoms with E-state index in [0.29, 0.717) is 6.61 Å². The zero-order valence-corrected chi connectivity index (χ0v) is 11.0. The molecule has 4 nitrogen and oxygen atoms in total. The second-order valence-electron chi connectivity index (χ2n) is 4.30. The molecule has 1 N–H and O–H groups in total. The number of pyridine rings is 1. The summed E-state index contributed by atoms with van der Waals surface area (Å²) in [5, 5.41) is 13.2. The molecule has 0 saturated carbocycles. The van der Waals surface area contributed by atoms with Gasteiger partial charge in [0, 0.05) is 17.6 Å². The average Bonchev–Trinajstić information content (AvgIpc) is 2.47. The van der Waals surface area contributed by atoms with Crippen LogP contribution < -0.4 is 10.1 Å². The van der Waals surface area contributed by atoms with Crippen LogP contribution in [0.5, 0.6) is 5.75 Å². The molecule has 1 aromatic heterocycles. The zero-order valence-electron chi connectivity index (χ0n) is 11.0. The summed E-state index contributed by atoms with van der Waals surface area (Å²) in [6.07, 6.45) is 2.76. The second-order valence-corrected chi connectivity index (χ2v) is 4.30. The third-order valence-electron chi connectivity index (χ3n) is 2.79. The molecule has 1 unspecified atom stereocenters. The molecule has 98 valence electrons. The molecule has 0 radical (unpaired) electrons. The van der Waals surface area contributed by atoms with Crippen molar-refractivity contribution in [1.29, 1.82) is 5.26 Å². The molecule has 0 fully saturated rings. The van der Waals surface area contributed by atoms with Crippen LogP contribution in [-0.4, -0.2) is 24.2 Å². The number of aromatic nitrogens is 1. The molecular formula is C15H17N3O. The number of hydrogen-bond acceptors (Lipinski definition) is 4. The number of nitrogens with one attached hydrogen (secondary N) is 1. The van der Waals surface area contributed by atoms with Gasteiger partial charge < -0.3 is 4.74 Å². The summed E-state index contributed by atoms with van der Waals surface area (Å²) in [4.78, 5) is 4.28. The minimum atomic E-state index is -0.278. The van der Waals surface area contributed by atoms with Crippen LogP contribution >= 0.6 is 0 Å². The van der Waals surface area contributed by atoms with Crippen LogP contribution in [0, 0.1) is 11.3 Å². The number of rotatable bonds is 6. The molecule has 0 spiro atoms. The molecule has 2 rings (SSSR count). The fraction of sp³-hybridized carbons (Fsp3) is 0.333. The molecule has 0 bridgehead atoms. The molecule has 0 aliphatic heterocycles. The monoisotopic (exact) mass is 255 g/mol. The lowest BCUT2D eigenvalue weighted by atomic mass is 10.2. The second kappa shape index (κ2) is 6.72. The first kappa shape index (κ1) is 13.3. The van der Waals surface area contributed by atoms with Gasteiger partial charge in [-0.3, -0.25) is 10.3 Å². The molecular weight excluding hydrogens is 238 g/mol. The van der Waals surface area contributed by atoms with E-state index in [-0.39, 0.29) is 6.04 Å². The fourth-order valence-corrected chi connectivity index (χ4v) is 1.78. The van der Waals surface area contributed by atoms with Gasteiger partial charge in [-0.25, -0.2) is 0 Å². The number of hydrogen-bond donors (Lipinski definition) is 1. The number of nitriles is 1. The number of benzene rings is 1. The first-order valence-electron chi connectivity index (χ1n) is 6.44. The van der Waals surface area contributed by atoms with E-state index < -0.39 is 0 Å². The molecule has 0 saturated heterocycles. The van der Waals surface area contributed by atoms with Gasteiger partial charge in [0.1, 0.15) is 18.4 Å². The van der Waals surface area contributed by atoms with E-state index in [1.807, 2.05) is 30.3 Å². The Hall–Kier alpha value is -2.12. The Morgan fingerprint density at radius 1 is 1.42 bits per heavy atom. The zero-order chi connectivity index (χ0) is 13.5. The quantitative estimate of drug-likeness (QED) is 0.861. The van der Waals surface area contributed by atoms with Gasteiger partial charge >= 0.3 is 0 Å². The van der Waals surface area contributed by atoms with E-state index in [1.165, 1.54) is 0 Å². The SMILES string of the molecule is CCCNC(C#N)COc1ccc2cccnc2c1. The fourth-order valence-electron chi connectivity index (χ4n) is 1.78. The smallest absolute Gasteiger partial charge is 0.130 e. The minimum absolute atomic E-state index is 0.278. The first-order chi connectivity index (χ1) is 9.33. The highest BCUT2D eigenvalue weighted by Gasteiger charge is 2.07. The molecule has 19 heavy (non-hydrogen) atoms. The van der Waals surface area contributed by atoms with Crippen molar-refractivity contribution in [3.8, 4) is 11.8 Å². The Bertz CT molecular complexity index is 577. The number of ether oxygens (including phenoxy) is 1. The molecule has 1 heterocycles. The summed E-state index contributed by atoms with van der Waals surface area (Å²) in [5.74, 6) is 0.741. The van der Waals surface area contributed by atoms with E-state index in [2.05, 4.69) is 23.3 Å². The molecule has 2 aromatic rings. The van der Waals surface area contributed by atoms with E-state index in [9.17, 15) is 0 Å². The van der Waals surface area contributed by atoms with Gasteiger partial charge in [-0.05, 0) is 31.2 Å². The third kappa shape index (κ3) is 3.67. The average molecular weight is 255 g/mol. The minimum Gasteiger partial charge on any atom is -0.491 e. The normalized spacial score (nSPS) is 12.0. The van der Waals surface area contributed by atoms with Crippen molar-refractivity contribution >= 4 is 10.9 Å². The van der Waals surface area contributed by atoms with Crippen molar-refractivity contribution in [3.63, 3.8) is 0 Å². The van der Waals surface area contributed by atoms with E-state index >= 15 is 0 Å². The van der Waals surface area contributed by atoms with Gasteiger partial charge in [0.05, 0.1) is 11.6 Å². The highest BCUT2D eigenvalue weighted by Crippen LogP contribution is 2.18. The van der Waals surface area contributed by atoms with E-state index in [1.54, 1.807) is 6.20 Å². The van der Waals surface area contributed by atoms with Gasteiger partial charge in [0.25, 0.3) is 0 Å². The summed E-state index contributed by atoms with van der Waals surface area (Å²) in [7, 11) is 0. The Morgan fingerprint density at radius 3 is 3.11 bits per heavy atom. The van der Waals surface area contributed by atoms with E-state index in [0.717, 1.165) is 29.6 Å². The van der Waals surface area contributed by atoms with Crippen molar-refractivity contribution in [3.05, 3.63) is 36.5 Å². The maximum Gasteiger partial charge on any atom is 0.130 e. The third-order valence-corrected chi connectivity index (χ3v) is 2.79. The van der Waals surface area contributed by atoms with Crippen LogP contribution in [0.1, 0.15) is 13.3 Å². The Morgan fingerprint density at radius 2 is 2.32 bits per heavy atom. The molecule has 0 aliphatic rings. The summed E-state index contributed by atoms with van der Waals surface area (Å²) >= 11 is 0. The van der Waals surface area contributed by atoms with Gasteiger partial charge in [0.15, 0.2) is 0 Å². The van der Waals surface area contributed by atoms with Gasteiger partial charge in [-0.15, -0.1) is 0 Å². The molecule has 0 amide bonds. The lowest BCUT2D eigenvalue weighted by Gasteiger charge is -2.12. The van der Waals surface area contributed by atoms with Crippen LogP contribution in [-0.2, 0) is 0 Å². The van der Waals surface area contributed by atoms with E-state index in [4.69, 9.17) is 10.00 Å². The maximum atomic E-state index is 9.00. The molecule has 4 heteroatoms. The summed E-state index contributed by atoms with van der Waals surface area (Å²) < 4.78 is 5.64. The standard InChI is InChI=1S/C15H17N3O/c1-2-7-17-13(10-16)11-19-14-6-5-12-4-3-8-18-15(12)9-14/h3-6,8-9,13,17H,2,7,11H2,1H3. The summed E-state index contributed by atoms with van der Waals surface area (Å²) in [6, 6.07) is 11.6. The highest BCUT2D eigenvalue weighted by molar-refractivity contribution is 5.79. The lowest BCUT2D eigenvalue weighted by molar-refractivity contribution is 0.289. The van der Waals surface area contributed by atoms with Crippen molar-refractivity contribution in [1.82, 2.24) is 10.3 Å². The predicted octanol–water partition coefficient (Wildman–Crippen LogP) is 2.51.